The molecule has 0 aromatic carbocycles. The van der Waals surface area contributed by atoms with Gasteiger partial charge in [0.05, 0.1) is 15.8 Å². The summed E-state index contributed by atoms with van der Waals surface area (Å²) in [5.41, 5.74) is 0. The highest BCUT2D eigenvalue weighted by atomic mass is 35.5. The molecule has 0 atom stereocenters. The van der Waals surface area contributed by atoms with Crippen LogP contribution in [0.1, 0.15) is 11.8 Å². The van der Waals surface area contributed by atoms with Crippen molar-refractivity contribution in [3.63, 3.8) is 0 Å². The SMILES string of the molecule is CC(=O)NCC#Cc1ccc(Cl)s1. The third-order valence-electron chi connectivity index (χ3n) is 1.21. The Morgan fingerprint density at radius 2 is 2.46 bits per heavy atom. The summed E-state index contributed by atoms with van der Waals surface area (Å²) in [6.07, 6.45) is 0. The van der Waals surface area contributed by atoms with E-state index >= 15 is 0 Å². The maximum absolute atomic E-state index is 10.5. The van der Waals surface area contributed by atoms with Crippen LogP contribution in [0.3, 0.4) is 0 Å². The van der Waals surface area contributed by atoms with Crippen molar-refractivity contribution in [2.24, 2.45) is 0 Å². The Hall–Kier alpha value is -0.980. The van der Waals surface area contributed by atoms with E-state index in [9.17, 15) is 4.79 Å². The molecule has 0 spiro atoms. The van der Waals surface area contributed by atoms with Crippen molar-refractivity contribution >= 4 is 28.8 Å². The van der Waals surface area contributed by atoms with Gasteiger partial charge in [-0.15, -0.1) is 11.3 Å². The van der Waals surface area contributed by atoms with Gasteiger partial charge in [0.1, 0.15) is 0 Å². The van der Waals surface area contributed by atoms with E-state index in [-0.39, 0.29) is 5.91 Å². The third kappa shape index (κ3) is 3.97. The second-order valence-electron chi connectivity index (χ2n) is 2.32. The average Bonchev–Trinajstić information content (AvgIpc) is 2.45. The normalized spacial score (nSPS) is 8.77. The molecule has 1 rings (SSSR count). The Morgan fingerprint density at radius 3 is 3.00 bits per heavy atom. The Bertz CT molecular complexity index is 361. The zero-order valence-electron chi connectivity index (χ0n) is 7.06. The average molecular weight is 214 g/mol. The number of thiophene rings is 1. The molecule has 1 aromatic rings. The summed E-state index contributed by atoms with van der Waals surface area (Å²) in [5.74, 6) is 5.64. The van der Waals surface area contributed by atoms with Crippen molar-refractivity contribution < 1.29 is 4.79 Å². The molecule has 1 amide bonds. The van der Waals surface area contributed by atoms with Crippen LogP contribution in [-0.2, 0) is 4.79 Å². The van der Waals surface area contributed by atoms with Crippen molar-refractivity contribution in [2.45, 2.75) is 6.92 Å². The number of amides is 1. The Labute approximate surface area is 85.9 Å². The zero-order chi connectivity index (χ0) is 9.68. The summed E-state index contributed by atoms with van der Waals surface area (Å²) >= 11 is 7.13. The fourth-order valence-corrected chi connectivity index (χ4v) is 1.60. The van der Waals surface area contributed by atoms with Gasteiger partial charge >= 0.3 is 0 Å². The van der Waals surface area contributed by atoms with Crippen LogP contribution in [-0.4, -0.2) is 12.5 Å². The molecular weight excluding hydrogens is 206 g/mol. The number of rotatable bonds is 1. The summed E-state index contributed by atoms with van der Waals surface area (Å²) in [7, 11) is 0. The summed E-state index contributed by atoms with van der Waals surface area (Å²) in [6.45, 7) is 1.84. The van der Waals surface area contributed by atoms with E-state index in [4.69, 9.17) is 11.6 Å². The molecular formula is C9H8ClNOS. The van der Waals surface area contributed by atoms with Crippen LogP contribution in [0.2, 0.25) is 4.34 Å². The van der Waals surface area contributed by atoms with Crippen molar-refractivity contribution in [2.75, 3.05) is 6.54 Å². The highest BCUT2D eigenvalue weighted by molar-refractivity contribution is 7.16. The van der Waals surface area contributed by atoms with Crippen LogP contribution in [0.15, 0.2) is 12.1 Å². The molecule has 0 bridgehead atoms. The smallest absolute Gasteiger partial charge is 0.217 e. The largest absolute Gasteiger partial charge is 0.345 e. The number of halogens is 1. The topological polar surface area (TPSA) is 29.1 Å². The second-order valence-corrected chi connectivity index (χ2v) is 4.03. The van der Waals surface area contributed by atoms with Gasteiger partial charge in [-0.1, -0.05) is 23.4 Å². The lowest BCUT2D eigenvalue weighted by Crippen LogP contribution is -2.19. The molecule has 0 saturated heterocycles. The van der Waals surface area contributed by atoms with Gasteiger partial charge in [0.2, 0.25) is 5.91 Å². The van der Waals surface area contributed by atoms with Gasteiger partial charge in [-0.25, -0.2) is 0 Å². The first-order chi connectivity index (χ1) is 6.18. The lowest BCUT2D eigenvalue weighted by atomic mass is 10.4. The quantitative estimate of drug-likeness (QED) is 0.710. The molecule has 0 fully saturated rings. The van der Waals surface area contributed by atoms with E-state index < -0.39 is 0 Å². The van der Waals surface area contributed by atoms with E-state index in [0.29, 0.717) is 6.54 Å². The molecule has 4 heteroatoms. The monoisotopic (exact) mass is 213 g/mol. The fourth-order valence-electron chi connectivity index (χ4n) is 0.681. The molecule has 1 heterocycles. The van der Waals surface area contributed by atoms with Gasteiger partial charge in [-0.05, 0) is 12.1 Å². The summed E-state index contributed by atoms with van der Waals surface area (Å²) in [6, 6.07) is 3.66. The summed E-state index contributed by atoms with van der Waals surface area (Å²) < 4.78 is 0.726. The standard InChI is InChI=1S/C9H8ClNOS/c1-7(12)11-6-2-3-8-4-5-9(10)13-8/h4-5H,6H2,1H3,(H,11,12). The van der Waals surface area contributed by atoms with Crippen LogP contribution < -0.4 is 5.32 Å². The van der Waals surface area contributed by atoms with Crippen LogP contribution in [0.25, 0.3) is 0 Å². The molecule has 68 valence electrons. The van der Waals surface area contributed by atoms with Crippen molar-refractivity contribution in [1.29, 1.82) is 0 Å². The van der Waals surface area contributed by atoms with Crippen LogP contribution >= 0.6 is 22.9 Å². The highest BCUT2D eigenvalue weighted by Crippen LogP contribution is 2.19. The van der Waals surface area contributed by atoms with Crippen LogP contribution in [0, 0.1) is 11.8 Å². The Balaban J connectivity index is 2.44. The number of carbonyl (C=O) groups is 1. The number of hydrogen-bond donors (Lipinski definition) is 1. The lowest BCUT2D eigenvalue weighted by molar-refractivity contribution is -0.118. The molecule has 0 radical (unpaired) electrons. The first-order valence-electron chi connectivity index (χ1n) is 3.67. The molecule has 1 aromatic heterocycles. The maximum Gasteiger partial charge on any atom is 0.217 e. The highest BCUT2D eigenvalue weighted by Gasteiger charge is 1.91. The van der Waals surface area contributed by atoms with Gasteiger partial charge < -0.3 is 5.32 Å². The summed E-state index contributed by atoms with van der Waals surface area (Å²) in [4.78, 5) is 11.4. The van der Waals surface area contributed by atoms with E-state index in [0.717, 1.165) is 9.21 Å². The molecule has 13 heavy (non-hydrogen) atoms. The minimum Gasteiger partial charge on any atom is -0.345 e. The first kappa shape index (κ1) is 10.1. The number of hydrogen-bond acceptors (Lipinski definition) is 2. The molecule has 1 N–H and O–H groups in total. The van der Waals surface area contributed by atoms with Gasteiger partial charge in [0.15, 0.2) is 0 Å². The van der Waals surface area contributed by atoms with Crippen molar-refractivity contribution in [3.8, 4) is 11.8 Å². The Morgan fingerprint density at radius 1 is 1.69 bits per heavy atom. The molecule has 2 nitrogen and oxygen atoms in total. The number of carbonyl (C=O) groups excluding carboxylic acids is 1. The van der Waals surface area contributed by atoms with Gasteiger partial charge in [0.25, 0.3) is 0 Å². The van der Waals surface area contributed by atoms with Crippen LogP contribution in [0.4, 0.5) is 0 Å². The molecule has 0 aliphatic carbocycles. The minimum atomic E-state index is -0.0708. The fraction of sp³-hybridized carbons (Fsp3) is 0.222. The van der Waals surface area contributed by atoms with Gasteiger partial charge in [-0.2, -0.15) is 0 Å². The van der Waals surface area contributed by atoms with Gasteiger partial charge in [-0.3, -0.25) is 4.79 Å². The second kappa shape index (κ2) is 4.90. The van der Waals surface area contributed by atoms with Gasteiger partial charge in [0, 0.05) is 6.92 Å². The molecule has 0 aliphatic rings. The maximum atomic E-state index is 10.5. The molecule has 0 unspecified atom stereocenters. The van der Waals surface area contributed by atoms with Crippen molar-refractivity contribution in [3.05, 3.63) is 21.3 Å². The Kier molecular flexibility index (Phi) is 3.81. The zero-order valence-corrected chi connectivity index (χ0v) is 8.63. The van der Waals surface area contributed by atoms with E-state index in [1.54, 1.807) is 6.07 Å². The third-order valence-corrected chi connectivity index (χ3v) is 2.36. The predicted molar refractivity (Wildman–Crippen MR) is 54.9 cm³/mol. The number of nitrogens with one attached hydrogen (secondary N) is 1. The first-order valence-corrected chi connectivity index (χ1v) is 4.86. The van der Waals surface area contributed by atoms with Crippen molar-refractivity contribution in [1.82, 2.24) is 5.32 Å². The lowest BCUT2D eigenvalue weighted by Gasteiger charge is -1.90. The van der Waals surface area contributed by atoms with Crippen LogP contribution in [0.5, 0.6) is 0 Å². The minimum absolute atomic E-state index is 0.0708. The predicted octanol–water partition coefficient (Wildman–Crippen LogP) is 1.89. The van der Waals surface area contributed by atoms with E-state index in [1.165, 1.54) is 18.3 Å². The molecule has 0 saturated carbocycles. The van der Waals surface area contributed by atoms with E-state index in [1.807, 2.05) is 6.07 Å². The summed E-state index contributed by atoms with van der Waals surface area (Å²) in [5, 5.41) is 2.58. The molecule has 0 aliphatic heterocycles. The van der Waals surface area contributed by atoms with E-state index in [2.05, 4.69) is 17.2 Å².